The first-order valence-corrected chi connectivity index (χ1v) is 8.16. The molecule has 0 bridgehead atoms. The van der Waals surface area contributed by atoms with Crippen molar-refractivity contribution in [1.29, 1.82) is 0 Å². The molecule has 0 radical (unpaired) electrons. The molecule has 94 valence electrons. The van der Waals surface area contributed by atoms with Crippen LogP contribution in [0.25, 0.3) is 0 Å². The fraction of sp³-hybridized carbons (Fsp3) is 1.00. The fourth-order valence-corrected chi connectivity index (χ4v) is 3.69. The standard InChI is InChI=1S/C10H26NO3P/c1-5-7-11(8-9-12)10-15(4,13-3)14-6-2/h12,15H,5-10H2,1-4H3. The van der Waals surface area contributed by atoms with Gasteiger partial charge in [-0.05, 0) is 0 Å². The number of nitrogens with zero attached hydrogens (tertiary/aromatic N) is 1. The van der Waals surface area contributed by atoms with Crippen molar-refractivity contribution in [2.45, 2.75) is 20.3 Å². The maximum absolute atomic E-state index is 8.95. The summed E-state index contributed by atoms with van der Waals surface area (Å²) in [4.78, 5) is 2.21. The van der Waals surface area contributed by atoms with E-state index in [4.69, 9.17) is 14.2 Å². The predicted molar refractivity (Wildman–Crippen MR) is 66.7 cm³/mol. The van der Waals surface area contributed by atoms with Crippen molar-refractivity contribution < 1.29 is 14.2 Å². The number of hydrogen-bond acceptors (Lipinski definition) is 4. The van der Waals surface area contributed by atoms with Gasteiger partial charge in [0.05, 0.1) is 0 Å². The summed E-state index contributed by atoms with van der Waals surface area (Å²) in [6.07, 6.45) is 1.91. The van der Waals surface area contributed by atoms with E-state index in [-0.39, 0.29) is 6.61 Å². The van der Waals surface area contributed by atoms with Crippen molar-refractivity contribution in [3.8, 4) is 0 Å². The van der Waals surface area contributed by atoms with Crippen LogP contribution in [0, 0.1) is 0 Å². The molecule has 0 spiro atoms. The van der Waals surface area contributed by atoms with Crippen LogP contribution in [-0.4, -0.2) is 56.4 Å². The Balaban J connectivity index is 4.19. The minimum atomic E-state index is -2.05. The van der Waals surface area contributed by atoms with Crippen LogP contribution >= 0.6 is 7.72 Å². The summed E-state index contributed by atoms with van der Waals surface area (Å²) >= 11 is 0. The van der Waals surface area contributed by atoms with Crippen molar-refractivity contribution >= 4 is 7.72 Å². The Bertz CT molecular complexity index is 154. The van der Waals surface area contributed by atoms with E-state index in [0.717, 1.165) is 19.3 Å². The van der Waals surface area contributed by atoms with Crippen LogP contribution in [0.1, 0.15) is 20.3 Å². The molecule has 0 aliphatic rings. The number of aliphatic hydroxyl groups is 1. The third-order valence-corrected chi connectivity index (χ3v) is 5.13. The number of rotatable bonds is 9. The summed E-state index contributed by atoms with van der Waals surface area (Å²) in [6, 6.07) is 0. The minimum absolute atomic E-state index is 0.195. The molecule has 0 aliphatic carbocycles. The topological polar surface area (TPSA) is 41.9 Å². The first kappa shape index (κ1) is 15.3. The summed E-state index contributed by atoms with van der Waals surface area (Å²) in [6.45, 7) is 8.76. The Morgan fingerprint density at radius 3 is 2.33 bits per heavy atom. The molecule has 0 saturated heterocycles. The van der Waals surface area contributed by atoms with E-state index in [1.807, 2.05) is 6.92 Å². The van der Waals surface area contributed by atoms with Gasteiger partial charge in [0, 0.05) is 0 Å². The van der Waals surface area contributed by atoms with Crippen LogP contribution in [0.15, 0.2) is 0 Å². The van der Waals surface area contributed by atoms with Crippen LogP contribution in [0.3, 0.4) is 0 Å². The van der Waals surface area contributed by atoms with Gasteiger partial charge in [-0.1, -0.05) is 0 Å². The Kier molecular flexibility index (Phi) is 8.58. The van der Waals surface area contributed by atoms with Crippen molar-refractivity contribution in [2.24, 2.45) is 0 Å². The first-order valence-electron chi connectivity index (χ1n) is 5.64. The second kappa shape index (κ2) is 8.43. The molecule has 0 aliphatic heterocycles. The fourth-order valence-electron chi connectivity index (χ4n) is 1.61. The Labute approximate surface area is 94.1 Å². The normalized spacial score (nSPS) is 13.5. The van der Waals surface area contributed by atoms with Gasteiger partial charge in [0.1, 0.15) is 0 Å². The van der Waals surface area contributed by atoms with Gasteiger partial charge in [0.15, 0.2) is 0 Å². The molecule has 0 atom stereocenters. The molecule has 0 aromatic rings. The van der Waals surface area contributed by atoms with Gasteiger partial charge in [-0.2, -0.15) is 0 Å². The average Bonchev–Trinajstić information content (AvgIpc) is 2.19. The first-order chi connectivity index (χ1) is 7.11. The van der Waals surface area contributed by atoms with Gasteiger partial charge in [0.25, 0.3) is 0 Å². The van der Waals surface area contributed by atoms with E-state index in [0.29, 0.717) is 13.2 Å². The van der Waals surface area contributed by atoms with Crippen molar-refractivity contribution in [3.05, 3.63) is 0 Å². The zero-order valence-electron chi connectivity index (χ0n) is 10.5. The van der Waals surface area contributed by atoms with E-state index in [2.05, 4.69) is 18.5 Å². The molecule has 0 rings (SSSR count). The van der Waals surface area contributed by atoms with Crippen LogP contribution in [0.4, 0.5) is 0 Å². The van der Waals surface area contributed by atoms with Gasteiger partial charge in [-0.15, -0.1) is 0 Å². The molecule has 1 N–H and O–H groups in total. The third kappa shape index (κ3) is 6.44. The molecular formula is C10H26NO3P. The van der Waals surface area contributed by atoms with Crippen molar-refractivity contribution in [1.82, 2.24) is 4.90 Å². The molecule has 0 aromatic carbocycles. The molecule has 15 heavy (non-hydrogen) atoms. The summed E-state index contributed by atoms with van der Waals surface area (Å²) in [5.74, 6) is 0. The molecular weight excluding hydrogens is 213 g/mol. The predicted octanol–water partition coefficient (Wildman–Crippen LogP) is 1.54. The number of hydrogen-bond donors (Lipinski definition) is 1. The van der Waals surface area contributed by atoms with E-state index < -0.39 is 7.72 Å². The SMILES string of the molecule is CCCN(CCO)C[PH](C)(OC)OCC. The van der Waals surface area contributed by atoms with Crippen LogP contribution in [-0.2, 0) is 9.05 Å². The maximum atomic E-state index is 8.95. The van der Waals surface area contributed by atoms with Gasteiger partial charge >= 0.3 is 93.4 Å². The molecule has 0 saturated carbocycles. The van der Waals surface area contributed by atoms with E-state index >= 15 is 0 Å². The third-order valence-electron chi connectivity index (χ3n) is 2.35. The Hall–Kier alpha value is 0.270. The summed E-state index contributed by atoms with van der Waals surface area (Å²) in [5, 5.41) is 8.95. The van der Waals surface area contributed by atoms with Crippen LogP contribution in [0.5, 0.6) is 0 Å². The molecule has 4 nitrogen and oxygen atoms in total. The quantitative estimate of drug-likeness (QED) is 0.620. The molecule has 5 heteroatoms. The van der Waals surface area contributed by atoms with Crippen molar-refractivity contribution in [3.63, 3.8) is 0 Å². The molecule has 0 unspecified atom stereocenters. The molecule has 0 fully saturated rings. The van der Waals surface area contributed by atoms with Crippen LogP contribution in [0.2, 0.25) is 0 Å². The Morgan fingerprint density at radius 2 is 1.93 bits per heavy atom. The Morgan fingerprint density at radius 1 is 1.27 bits per heavy atom. The van der Waals surface area contributed by atoms with Gasteiger partial charge in [0.2, 0.25) is 0 Å². The number of aliphatic hydroxyl groups excluding tert-OH is 1. The second-order valence-corrected chi connectivity index (χ2v) is 7.05. The van der Waals surface area contributed by atoms with Crippen molar-refractivity contribution in [2.75, 3.05) is 46.4 Å². The monoisotopic (exact) mass is 239 g/mol. The van der Waals surface area contributed by atoms with E-state index in [9.17, 15) is 0 Å². The van der Waals surface area contributed by atoms with E-state index in [1.165, 1.54) is 0 Å². The molecule has 0 amide bonds. The van der Waals surface area contributed by atoms with Crippen LogP contribution < -0.4 is 0 Å². The zero-order chi connectivity index (χ0) is 11.7. The molecule has 0 heterocycles. The summed E-state index contributed by atoms with van der Waals surface area (Å²) < 4.78 is 11.2. The van der Waals surface area contributed by atoms with E-state index in [1.54, 1.807) is 7.11 Å². The average molecular weight is 239 g/mol. The van der Waals surface area contributed by atoms with Gasteiger partial charge in [-0.25, -0.2) is 0 Å². The summed E-state index contributed by atoms with van der Waals surface area (Å²) in [7, 11) is -0.333. The van der Waals surface area contributed by atoms with Gasteiger partial charge in [-0.3, -0.25) is 0 Å². The molecule has 0 aromatic heterocycles. The second-order valence-electron chi connectivity index (χ2n) is 3.77. The zero-order valence-corrected chi connectivity index (χ0v) is 11.5. The summed E-state index contributed by atoms with van der Waals surface area (Å²) in [5.41, 5.74) is 0. The van der Waals surface area contributed by atoms with Gasteiger partial charge < -0.3 is 0 Å².